The van der Waals surface area contributed by atoms with E-state index in [9.17, 15) is 0 Å². The lowest BCUT2D eigenvalue weighted by Crippen LogP contribution is -2.41. The van der Waals surface area contributed by atoms with Gasteiger partial charge >= 0.3 is 0 Å². The summed E-state index contributed by atoms with van der Waals surface area (Å²) in [6.07, 6.45) is 9.18. The summed E-state index contributed by atoms with van der Waals surface area (Å²) < 4.78 is 11.4. The topological polar surface area (TPSA) is 47.0 Å². The van der Waals surface area contributed by atoms with Crippen LogP contribution in [0.25, 0.3) is 0 Å². The highest BCUT2D eigenvalue weighted by Crippen LogP contribution is 2.23. The fraction of sp³-hybridized carbons (Fsp3) is 0.391. The molecule has 0 saturated carbocycles. The first-order chi connectivity index (χ1) is 13.7. The van der Waals surface area contributed by atoms with Crippen LogP contribution in [0.5, 0.6) is 11.6 Å². The molecule has 0 unspecified atom stereocenters. The van der Waals surface area contributed by atoms with Gasteiger partial charge in [-0.25, -0.2) is 9.98 Å². The molecule has 1 aliphatic rings. The van der Waals surface area contributed by atoms with E-state index in [1.54, 1.807) is 13.3 Å². The number of aliphatic imine (C=N–C) groups is 1. The van der Waals surface area contributed by atoms with Gasteiger partial charge in [-0.05, 0) is 37.1 Å². The van der Waals surface area contributed by atoms with Crippen LogP contribution in [0.1, 0.15) is 31.7 Å². The number of ether oxygens (including phenoxy) is 2. The summed E-state index contributed by atoms with van der Waals surface area (Å²) in [7, 11) is 1.61. The molecular weight excluding hydrogens is 350 g/mol. The number of hydrogen-bond donors (Lipinski definition) is 0. The number of piperidine rings is 1. The minimum atomic E-state index is 0.247. The highest BCUT2D eigenvalue weighted by molar-refractivity contribution is 5.94. The molecule has 1 aromatic heterocycles. The van der Waals surface area contributed by atoms with E-state index in [1.165, 1.54) is 5.56 Å². The van der Waals surface area contributed by atoms with Crippen molar-refractivity contribution in [3.05, 3.63) is 60.3 Å². The zero-order valence-electron chi connectivity index (χ0n) is 17.0. The largest absolute Gasteiger partial charge is 0.490 e. The van der Waals surface area contributed by atoms with Crippen molar-refractivity contribution in [1.82, 2.24) is 9.88 Å². The van der Waals surface area contributed by atoms with Crippen LogP contribution in [0.4, 0.5) is 5.69 Å². The molecule has 28 heavy (non-hydrogen) atoms. The van der Waals surface area contributed by atoms with Crippen molar-refractivity contribution in [3.8, 4) is 11.6 Å². The number of nitrogens with zero attached hydrogens (tertiary/aromatic N) is 3. The van der Waals surface area contributed by atoms with E-state index in [2.05, 4.69) is 48.0 Å². The third-order valence-electron chi connectivity index (χ3n) is 4.83. The molecule has 0 bridgehead atoms. The van der Waals surface area contributed by atoms with E-state index in [1.807, 2.05) is 24.3 Å². The molecule has 1 fully saturated rings. The number of hydrogen-bond acceptors (Lipinski definition) is 4. The van der Waals surface area contributed by atoms with Gasteiger partial charge in [0.15, 0.2) is 0 Å². The molecule has 1 saturated heterocycles. The zero-order valence-corrected chi connectivity index (χ0v) is 17.0. The lowest BCUT2D eigenvalue weighted by Gasteiger charge is -2.33. The number of rotatable bonds is 6. The Hall–Kier alpha value is -2.82. The third-order valence-corrected chi connectivity index (χ3v) is 4.83. The molecule has 5 nitrogen and oxygen atoms in total. The minimum absolute atomic E-state index is 0.247. The van der Waals surface area contributed by atoms with Gasteiger partial charge in [0.1, 0.15) is 17.7 Å². The molecule has 2 heterocycles. The Morgan fingerprint density at radius 1 is 1.21 bits per heavy atom. The Balaban J connectivity index is 1.66. The predicted octanol–water partition coefficient (Wildman–Crippen LogP) is 4.94. The summed E-state index contributed by atoms with van der Waals surface area (Å²) in [5.41, 5.74) is 2.01. The maximum atomic E-state index is 6.23. The maximum absolute atomic E-state index is 6.23. The number of allylic oxidation sites excluding steroid dienone is 1. The summed E-state index contributed by atoms with van der Waals surface area (Å²) in [6.45, 7) is 6.07. The number of amidine groups is 1. The second kappa shape index (κ2) is 9.93. The van der Waals surface area contributed by atoms with Crippen molar-refractivity contribution in [1.29, 1.82) is 0 Å². The van der Waals surface area contributed by atoms with Gasteiger partial charge in [0, 0.05) is 32.0 Å². The van der Waals surface area contributed by atoms with Crippen LogP contribution < -0.4 is 9.47 Å². The minimum Gasteiger partial charge on any atom is -0.490 e. The SMILES string of the molecule is CC/C=C/C(=N/c1ccc(OC)nc1)N1CCC(Oc2ccccc2C)CC1. The Morgan fingerprint density at radius 2 is 2.00 bits per heavy atom. The Labute approximate surface area is 167 Å². The summed E-state index contributed by atoms with van der Waals surface area (Å²) in [5, 5.41) is 0. The molecule has 148 valence electrons. The van der Waals surface area contributed by atoms with Crippen LogP contribution >= 0.6 is 0 Å². The van der Waals surface area contributed by atoms with E-state index in [0.29, 0.717) is 5.88 Å². The lowest BCUT2D eigenvalue weighted by atomic mass is 10.1. The molecule has 1 aromatic carbocycles. The summed E-state index contributed by atoms with van der Waals surface area (Å²) in [5.74, 6) is 2.56. The first kappa shape index (κ1) is 19.9. The van der Waals surface area contributed by atoms with E-state index < -0.39 is 0 Å². The smallest absolute Gasteiger partial charge is 0.213 e. The van der Waals surface area contributed by atoms with Gasteiger partial charge in [0.2, 0.25) is 5.88 Å². The van der Waals surface area contributed by atoms with E-state index in [-0.39, 0.29) is 6.10 Å². The zero-order chi connectivity index (χ0) is 19.8. The highest BCUT2D eigenvalue weighted by Gasteiger charge is 2.22. The normalized spacial score (nSPS) is 15.8. The first-order valence-electron chi connectivity index (χ1n) is 9.92. The number of likely N-dealkylation sites (tertiary alicyclic amines) is 1. The van der Waals surface area contributed by atoms with Crippen molar-refractivity contribution in [2.45, 2.75) is 39.2 Å². The molecule has 0 amide bonds. The molecule has 2 aromatic rings. The van der Waals surface area contributed by atoms with Crippen molar-refractivity contribution in [2.24, 2.45) is 4.99 Å². The van der Waals surface area contributed by atoms with Crippen molar-refractivity contribution < 1.29 is 9.47 Å². The van der Waals surface area contributed by atoms with Gasteiger partial charge in [-0.1, -0.05) is 31.2 Å². The van der Waals surface area contributed by atoms with Gasteiger partial charge in [0.25, 0.3) is 0 Å². The molecular formula is C23H29N3O2. The summed E-state index contributed by atoms with van der Waals surface area (Å²) in [6, 6.07) is 12.0. The molecule has 0 radical (unpaired) electrons. The van der Waals surface area contributed by atoms with Gasteiger partial charge in [-0.2, -0.15) is 0 Å². The quantitative estimate of drug-likeness (QED) is 0.527. The van der Waals surface area contributed by atoms with E-state index in [4.69, 9.17) is 14.5 Å². The molecule has 0 aliphatic carbocycles. The molecule has 5 heteroatoms. The molecule has 3 rings (SSSR count). The fourth-order valence-corrected chi connectivity index (χ4v) is 3.20. The Bertz CT molecular complexity index is 807. The number of benzene rings is 1. The Kier molecular flexibility index (Phi) is 7.06. The monoisotopic (exact) mass is 379 g/mol. The summed E-state index contributed by atoms with van der Waals surface area (Å²) in [4.78, 5) is 11.4. The standard InChI is InChI=1S/C23H29N3O2/c1-4-5-10-22(25-19-11-12-23(27-3)24-17-19)26-15-13-20(14-16-26)28-21-9-7-6-8-18(21)2/h5-12,17,20H,4,13-16H2,1-3H3/b10-5+,25-22-. The highest BCUT2D eigenvalue weighted by atomic mass is 16.5. The van der Waals surface area contributed by atoms with Crippen LogP contribution in [-0.4, -0.2) is 42.0 Å². The average molecular weight is 380 g/mol. The first-order valence-corrected chi connectivity index (χ1v) is 9.92. The van der Waals surface area contributed by atoms with Gasteiger partial charge in [-0.15, -0.1) is 0 Å². The summed E-state index contributed by atoms with van der Waals surface area (Å²) >= 11 is 0. The number of aryl methyl sites for hydroxylation is 1. The van der Waals surface area contributed by atoms with Crippen molar-refractivity contribution in [2.75, 3.05) is 20.2 Å². The molecule has 1 aliphatic heterocycles. The Morgan fingerprint density at radius 3 is 2.64 bits per heavy atom. The van der Waals surface area contributed by atoms with E-state index >= 15 is 0 Å². The van der Waals surface area contributed by atoms with Gasteiger partial charge in [-0.3, -0.25) is 0 Å². The fourth-order valence-electron chi connectivity index (χ4n) is 3.20. The maximum Gasteiger partial charge on any atom is 0.213 e. The average Bonchev–Trinajstić information content (AvgIpc) is 2.74. The van der Waals surface area contributed by atoms with E-state index in [0.717, 1.165) is 49.6 Å². The van der Waals surface area contributed by atoms with Gasteiger partial charge < -0.3 is 14.4 Å². The van der Waals surface area contributed by atoms with Crippen molar-refractivity contribution >= 4 is 11.5 Å². The van der Waals surface area contributed by atoms with Crippen LogP contribution in [0.2, 0.25) is 0 Å². The van der Waals surface area contributed by atoms with Crippen LogP contribution in [-0.2, 0) is 0 Å². The van der Waals surface area contributed by atoms with Crippen LogP contribution in [0.3, 0.4) is 0 Å². The molecule has 0 spiro atoms. The predicted molar refractivity (Wildman–Crippen MR) is 114 cm³/mol. The van der Waals surface area contributed by atoms with Crippen LogP contribution in [0.15, 0.2) is 59.7 Å². The number of pyridine rings is 1. The van der Waals surface area contributed by atoms with Crippen LogP contribution in [0, 0.1) is 6.92 Å². The lowest BCUT2D eigenvalue weighted by molar-refractivity contribution is 0.130. The number of aromatic nitrogens is 1. The van der Waals surface area contributed by atoms with Gasteiger partial charge in [0.05, 0.1) is 19.0 Å². The molecule has 0 N–H and O–H groups in total. The number of methoxy groups -OCH3 is 1. The number of para-hydroxylation sites is 1. The van der Waals surface area contributed by atoms with Crippen molar-refractivity contribution in [3.63, 3.8) is 0 Å². The second-order valence-electron chi connectivity index (χ2n) is 6.91. The second-order valence-corrected chi connectivity index (χ2v) is 6.91. The molecule has 0 atom stereocenters. The third kappa shape index (κ3) is 5.35.